The number of fused-ring (bicyclic) bond motifs is 2. The van der Waals surface area contributed by atoms with E-state index in [0.717, 1.165) is 12.8 Å². The average Bonchev–Trinajstić information content (AvgIpc) is 2.25. The van der Waals surface area contributed by atoms with E-state index in [-0.39, 0.29) is 22.6 Å². The van der Waals surface area contributed by atoms with E-state index in [2.05, 4.69) is 19.2 Å². The number of amides is 2. The maximum Gasteiger partial charge on any atom is 0.233 e. The Kier molecular flexibility index (Phi) is 1.79. The Balaban J connectivity index is 2.47. The highest BCUT2D eigenvalue weighted by molar-refractivity contribution is 5.99. The number of imide groups is 1. The standard InChI is InChI=1S/C11H17NO2/c1-10(2)7-4-5-11(10,3)9(14)12-8(13)6-7/h7H,4-6H2,1-3H3,(H,12,13,14). The molecule has 1 aliphatic heterocycles. The van der Waals surface area contributed by atoms with Crippen LogP contribution in [-0.4, -0.2) is 11.8 Å². The fourth-order valence-electron chi connectivity index (χ4n) is 2.90. The number of hydrogen-bond donors (Lipinski definition) is 1. The maximum atomic E-state index is 11.9. The first kappa shape index (κ1) is 9.69. The molecule has 2 aliphatic rings. The number of carbonyl (C=O) groups is 2. The lowest BCUT2D eigenvalue weighted by molar-refractivity contribution is -0.137. The van der Waals surface area contributed by atoms with Crippen molar-refractivity contribution in [3.8, 4) is 0 Å². The van der Waals surface area contributed by atoms with Gasteiger partial charge in [-0.1, -0.05) is 20.8 Å². The van der Waals surface area contributed by atoms with E-state index in [1.165, 1.54) is 0 Å². The van der Waals surface area contributed by atoms with Crippen molar-refractivity contribution in [2.75, 3.05) is 0 Å². The Morgan fingerprint density at radius 3 is 2.57 bits per heavy atom. The van der Waals surface area contributed by atoms with Gasteiger partial charge in [-0.05, 0) is 24.2 Å². The minimum Gasteiger partial charge on any atom is -0.296 e. The molecule has 2 fully saturated rings. The third-order valence-corrected chi connectivity index (χ3v) is 4.62. The van der Waals surface area contributed by atoms with Crippen molar-refractivity contribution < 1.29 is 9.59 Å². The molecule has 1 aliphatic carbocycles. The molecule has 78 valence electrons. The summed E-state index contributed by atoms with van der Waals surface area (Å²) in [4.78, 5) is 23.3. The van der Waals surface area contributed by atoms with E-state index < -0.39 is 0 Å². The number of hydrogen-bond acceptors (Lipinski definition) is 2. The number of rotatable bonds is 0. The Morgan fingerprint density at radius 1 is 1.29 bits per heavy atom. The molecule has 0 aromatic rings. The smallest absolute Gasteiger partial charge is 0.233 e. The molecule has 14 heavy (non-hydrogen) atoms. The van der Waals surface area contributed by atoms with Crippen LogP contribution in [0, 0.1) is 16.7 Å². The predicted molar refractivity (Wildman–Crippen MR) is 52.4 cm³/mol. The van der Waals surface area contributed by atoms with Gasteiger partial charge in [-0.15, -0.1) is 0 Å². The Bertz CT molecular complexity index is 308. The molecule has 3 nitrogen and oxygen atoms in total. The fourth-order valence-corrected chi connectivity index (χ4v) is 2.90. The third kappa shape index (κ3) is 0.983. The molecular formula is C11H17NO2. The first-order valence-electron chi connectivity index (χ1n) is 5.22. The van der Waals surface area contributed by atoms with Crippen molar-refractivity contribution in [1.29, 1.82) is 0 Å². The van der Waals surface area contributed by atoms with Crippen LogP contribution >= 0.6 is 0 Å². The van der Waals surface area contributed by atoms with Crippen molar-refractivity contribution in [2.45, 2.75) is 40.0 Å². The van der Waals surface area contributed by atoms with Gasteiger partial charge in [0.2, 0.25) is 11.8 Å². The summed E-state index contributed by atoms with van der Waals surface area (Å²) in [6.07, 6.45) is 2.42. The first-order chi connectivity index (χ1) is 6.38. The van der Waals surface area contributed by atoms with E-state index in [9.17, 15) is 9.59 Å². The number of nitrogens with one attached hydrogen (secondary N) is 1. The van der Waals surface area contributed by atoms with Crippen LogP contribution in [0.15, 0.2) is 0 Å². The lowest BCUT2D eigenvalue weighted by Gasteiger charge is -2.37. The van der Waals surface area contributed by atoms with Crippen LogP contribution in [-0.2, 0) is 9.59 Å². The molecule has 1 heterocycles. The SMILES string of the molecule is CC12CCC(CC(=O)NC1=O)C2(C)C. The van der Waals surface area contributed by atoms with Gasteiger partial charge in [0.25, 0.3) is 0 Å². The van der Waals surface area contributed by atoms with Crippen molar-refractivity contribution in [3.05, 3.63) is 0 Å². The van der Waals surface area contributed by atoms with Gasteiger partial charge in [-0.25, -0.2) is 0 Å². The van der Waals surface area contributed by atoms with Crippen molar-refractivity contribution in [1.82, 2.24) is 5.32 Å². The lowest BCUT2D eigenvalue weighted by atomic mass is 9.65. The fraction of sp³-hybridized carbons (Fsp3) is 0.818. The van der Waals surface area contributed by atoms with E-state index in [1.54, 1.807) is 0 Å². The summed E-state index contributed by atoms with van der Waals surface area (Å²) in [5.74, 6) is 0.183. The van der Waals surface area contributed by atoms with Gasteiger partial charge < -0.3 is 0 Å². The topological polar surface area (TPSA) is 46.2 Å². The molecule has 2 amide bonds. The largest absolute Gasteiger partial charge is 0.296 e. The van der Waals surface area contributed by atoms with Gasteiger partial charge in [0, 0.05) is 6.42 Å². The van der Waals surface area contributed by atoms with Crippen LogP contribution < -0.4 is 5.32 Å². The predicted octanol–water partition coefficient (Wildman–Crippen LogP) is 1.48. The highest BCUT2D eigenvalue weighted by Crippen LogP contribution is 2.58. The Labute approximate surface area is 84.2 Å². The molecule has 0 spiro atoms. The maximum absolute atomic E-state index is 11.9. The summed E-state index contributed by atoms with van der Waals surface area (Å²) in [6.45, 7) is 6.21. The Morgan fingerprint density at radius 2 is 1.93 bits per heavy atom. The van der Waals surface area contributed by atoms with Gasteiger partial charge in [0.05, 0.1) is 5.41 Å². The van der Waals surface area contributed by atoms with Crippen LogP contribution in [0.2, 0.25) is 0 Å². The van der Waals surface area contributed by atoms with E-state index >= 15 is 0 Å². The van der Waals surface area contributed by atoms with Crippen molar-refractivity contribution in [2.24, 2.45) is 16.7 Å². The second-order valence-corrected chi connectivity index (χ2v) is 5.37. The summed E-state index contributed by atoms with van der Waals surface area (Å²) in [5, 5.41) is 2.49. The molecule has 0 radical (unpaired) electrons. The zero-order chi connectivity index (χ0) is 10.6. The van der Waals surface area contributed by atoms with Crippen LogP contribution in [0.1, 0.15) is 40.0 Å². The van der Waals surface area contributed by atoms with Gasteiger partial charge in [-0.2, -0.15) is 0 Å². The molecule has 3 heteroatoms. The highest BCUT2D eigenvalue weighted by atomic mass is 16.2. The molecule has 2 unspecified atom stereocenters. The zero-order valence-electron chi connectivity index (χ0n) is 9.02. The summed E-state index contributed by atoms with van der Waals surface area (Å²) in [7, 11) is 0. The normalized spacial score (nSPS) is 40.6. The minimum absolute atomic E-state index is 0.0523. The van der Waals surface area contributed by atoms with Crippen LogP contribution in [0.5, 0.6) is 0 Å². The van der Waals surface area contributed by atoms with E-state index in [1.807, 2.05) is 6.92 Å². The van der Waals surface area contributed by atoms with Crippen LogP contribution in [0.25, 0.3) is 0 Å². The molecular weight excluding hydrogens is 178 g/mol. The highest BCUT2D eigenvalue weighted by Gasteiger charge is 2.57. The molecule has 2 rings (SSSR count). The summed E-state index contributed by atoms with van der Waals surface area (Å²) < 4.78 is 0. The summed E-state index contributed by atoms with van der Waals surface area (Å²) >= 11 is 0. The first-order valence-corrected chi connectivity index (χ1v) is 5.22. The number of carbonyl (C=O) groups excluding carboxylic acids is 2. The monoisotopic (exact) mass is 195 g/mol. The van der Waals surface area contributed by atoms with Crippen molar-refractivity contribution in [3.63, 3.8) is 0 Å². The van der Waals surface area contributed by atoms with Gasteiger partial charge in [0.1, 0.15) is 0 Å². The lowest BCUT2D eigenvalue weighted by Crippen LogP contribution is -2.45. The van der Waals surface area contributed by atoms with Crippen LogP contribution in [0.4, 0.5) is 0 Å². The second kappa shape index (κ2) is 2.59. The second-order valence-electron chi connectivity index (χ2n) is 5.37. The van der Waals surface area contributed by atoms with Gasteiger partial charge in [-0.3, -0.25) is 14.9 Å². The van der Waals surface area contributed by atoms with E-state index in [0.29, 0.717) is 12.3 Å². The zero-order valence-corrected chi connectivity index (χ0v) is 9.02. The molecule has 2 bridgehead atoms. The molecule has 1 saturated heterocycles. The molecule has 2 atom stereocenters. The van der Waals surface area contributed by atoms with Gasteiger partial charge >= 0.3 is 0 Å². The van der Waals surface area contributed by atoms with Gasteiger partial charge in [0.15, 0.2) is 0 Å². The summed E-state index contributed by atoms with van der Waals surface area (Å²) in [6, 6.07) is 0. The van der Waals surface area contributed by atoms with Crippen molar-refractivity contribution >= 4 is 11.8 Å². The molecule has 0 aromatic carbocycles. The molecule has 0 aromatic heterocycles. The average molecular weight is 195 g/mol. The molecule has 1 saturated carbocycles. The third-order valence-electron chi connectivity index (χ3n) is 4.62. The minimum atomic E-state index is -0.357. The summed E-state index contributed by atoms with van der Waals surface area (Å²) in [5.41, 5.74) is -0.410. The van der Waals surface area contributed by atoms with E-state index in [4.69, 9.17) is 0 Å². The Hall–Kier alpha value is -0.860. The van der Waals surface area contributed by atoms with Crippen LogP contribution in [0.3, 0.4) is 0 Å². The molecule has 1 N–H and O–H groups in total. The quantitative estimate of drug-likeness (QED) is 0.595.